The van der Waals surface area contributed by atoms with Crippen molar-refractivity contribution in [2.45, 2.75) is 38.3 Å². The van der Waals surface area contributed by atoms with Crippen LogP contribution >= 0.6 is 11.3 Å². The van der Waals surface area contributed by atoms with Gasteiger partial charge < -0.3 is 10.6 Å². The van der Waals surface area contributed by atoms with E-state index in [0.29, 0.717) is 0 Å². The Labute approximate surface area is 99.5 Å². The first-order chi connectivity index (χ1) is 7.62. The van der Waals surface area contributed by atoms with Crippen LogP contribution in [-0.4, -0.2) is 23.0 Å². The summed E-state index contributed by atoms with van der Waals surface area (Å²) in [5, 5.41) is 9.14. The molecule has 2 atom stereocenters. The molecular formula is C11H17N3OS. The fourth-order valence-electron chi connectivity index (χ4n) is 1.95. The van der Waals surface area contributed by atoms with Crippen LogP contribution in [0.1, 0.15) is 37.7 Å². The number of amides is 1. The molecule has 0 saturated carbocycles. The van der Waals surface area contributed by atoms with Crippen LogP contribution in [0.15, 0.2) is 11.6 Å². The lowest BCUT2D eigenvalue weighted by atomic mass is 9.99. The fraction of sp³-hybridized carbons (Fsp3) is 0.636. The van der Waals surface area contributed by atoms with Gasteiger partial charge in [-0.25, -0.2) is 4.98 Å². The van der Waals surface area contributed by atoms with E-state index in [-0.39, 0.29) is 11.9 Å². The van der Waals surface area contributed by atoms with Crippen molar-refractivity contribution < 1.29 is 4.79 Å². The Morgan fingerprint density at radius 3 is 3.12 bits per heavy atom. The van der Waals surface area contributed by atoms with Crippen LogP contribution in [0.4, 0.5) is 0 Å². The monoisotopic (exact) mass is 239 g/mol. The number of nitrogens with one attached hydrogen (secondary N) is 2. The minimum Gasteiger partial charge on any atom is -0.346 e. The topological polar surface area (TPSA) is 54.0 Å². The Morgan fingerprint density at radius 2 is 2.56 bits per heavy atom. The van der Waals surface area contributed by atoms with Crippen LogP contribution < -0.4 is 10.6 Å². The normalized spacial score (nSPS) is 26.6. The van der Waals surface area contributed by atoms with Gasteiger partial charge in [0.1, 0.15) is 5.01 Å². The molecule has 0 spiro atoms. The van der Waals surface area contributed by atoms with Crippen LogP contribution in [0.5, 0.6) is 0 Å². The van der Waals surface area contributed by atoms with Crippen molar-refractivity contribution in [2.75, 3.05) is 6.54 Å². The average molecular weight is 239 g/mol. The maximum atomic E-state index is 12.1. The van der Waals surface area contributed by atoms with Gasteiger partial charge in [0, 0.05) is 11.6 Å². The largest absolute Gasteiger partial charge is 0.346 e. The van der Waals surface area contributed by atoms with Crippen LogP contribution in [0, 0.1) is 0 Å². The molecule has 1 saturated heterocycles. The van der Waals surface area contributed by atoms with E-state index < -0.39 is 5.54 Å². The van der Waals surface area contributed by atoms with Gasteiger partial charge in [0.05, 0.1) is 11.6 Å². The molecule has 0 bridgehead atoms. The first-order valence-corrected chi connectivity index (χ1v) is 6.45. The molecule has 2 N–H and O–H groups in total. The number of thiazole rings is 1. The number of hydrogen-bond acceptors (Lipinski definition) is 4. The predicted molar refractivity (Wildman–Crippen MR) is 64.3 cm³/mol. The summed E-state index contributed by atoms with van der Waals surface area (Å²) in [6.07, 6.45) is 3.73. The van der Waals surface area contributed by atoms with E-state index in [0.717, 1.165) is 24.4 Å². The maximum Gasteiger partial charge on any atom is 0.240 e. The molecule has 2 heterocycles. The van der Waals surface area contributed by atoms with Gasteiger partial charge in [-0.2, -0.15) is 0 Å². The first-order valence-electron chi connectivity index (χ1n) is 5.57. The highest BCUT2D eigenvalue weighted by atomic mass is 32.1. The summed E-state index contributed by atoms with van der Waals surface area (Å²) >= 11 is 1.57. The Morgan fingerprint density at radius 1 is 1.75 bits per heavy atom. The second-order valence-electron chi connectivity index (χ2n) is 4.43. The lowest BCUT2D eigenvalue weighted by Gasteiger charge is -2.25. The van der Waals surface area contributed by atoms with Crippen molar-refractivity contribution in [1.82, 2.24) is 15.6 Å². The van der Waals surface area contributed by atoms with E-state index in [9.17, 15) is 4.79 Å². The molecule has 0 aliphatic carbocycles. The van der Waals surface area contributed by atoms with Gasteiger partial charge in [-0.1, -0.05) is 0 Å². The highest BCUT2D eigenvalue weighted by molar-refractivity contribution is 7.09. The van der Waals surface area contributed by atoms with Gasteiger partial charge in [-0.15, -0.1) is 11.3 Å². The van der Waals surface area contributed by atoms with E-state index in [1.54, 1.807) is 17.5 Å². The van der Waals surface area contributed by atoms with Crippen molar-refractivity contribution >= 4 is 17.2 Å². The van der Waals surface area contributed by atoms with Gasteiger partial charge in [-0.05, 0) is 33.2 Å². The second kappa shape index (κ2) is 4.51. The van der Waals surface area contributed by atoms with Gasteiger partial charge in [-0.3, -0.25) is 4.79 Å². The van der Waals surface area contributed by atoms with Crippen molar-refractivity contribution in [2.24, 2.45) is 0 Å². The third-order valence-corrected chi connectivity index (χ3v) is 4.00. The first kappa shape index (κ1) is 11.5. The minimum absolute atomic E-state index is 0.00766. The number of carbonyl (C=O) groups excluding carboxylic acids is 1. The number of hydrogen-bond donors (Lipinski definition) is 2. The standard InChI is InChI=1S/C11H17N3OS/c1-8(9-12-6-7-16-9)14-10(15)11(2)4-3-5-13-11/h6-8,13H,3-5H2,1-2H3,(H,14,15). The number of carbonyl (C=O) groups is 1. The molecule has 0 radical (unpaired) electrons. The molecular weight excluding hydrogens is 222 g/mol. The van der Waals surface area contributed by atoms with E-state index in [4.69, 9.17) is 0 Å². The van der Waals surface area contributed by atoms with E-state index in [1.807, 2.05) is 19.2 Å². The van der Waals surface area contributed by atoms with Gasteiger partial charge >= 0.3 is 0 Å². The number of nitrogens with zero attached hydrogens (tertiary/aromatic N) is 1. The summed E-state index contributed by atoms with van der Waals surface area (Å²) in [4.78, 5) is 16.3. The van der Waals surface area contributed by atoms with Crippen molar-refractivity contribution in [3.63, 3.8) is 0 Å². The highest BCUT2D eigenvalue weighted by Gasteiger charge is 2.36. The molecule has 16 heavy (non-hydrogen) atoms. The van der Waals surface area contributed by atoms with Crippen molar-refractivity contribution in [3.8, 4) is 0 Å². The molecule has 1 aromatic heterocycles. The summed E-state index contributed by atoms with van der Waals surface area (Å²) in [5.74, 6) is 0.0766. The number of aromatic nitrogens is 1. The summed E-state index contributed by atoms with van der Waals surface area (Å²) < 4.78 is 0. The lowest BCUT2D eigenvalue weighted by Crippen LogP contribution is -2.51. The third kappa shape index (κ3) is 2.25. The molecule has 4 nitrogen and oxygen atoms in total. The summed E-state index contributed by atoms with van der Waals surface area (Å²) in [5.41, 5.74) is -0.397. The highest BCUT2D eigenvalue weighted by Crippen LogP contribution is 2.21. The van der Waals surface area contributed by atoms with Crippen LogP contribution in [0.3, 0.4) is 0 Å². The van der Waals surface area contributed by atoms with Crippen LogP contribution in [-0.2, 0) is 4.79 Å². The van der Waals surface area contributed by atoms with Gasteiger partial charge in [0.25, 0.3) is 0 Å². The van der Waals surface area contributed by atoms with Crippen molar-refractivity contribution in [1.29, 1.82) is 0 Å². The molecule has 1 aromatic rings. The minimum atomic E-state index is -0.397. The molecule has 1 fully saturated rings. The summed E-state index contributed by atoms with van der Waals surface area (Å²) in [6.45, 7) is 4.86. The van der Waals surface area contributed by atoms with E-state index in [1.165, 1.54) is 0 Å². The van der Waals surface area contributed by atoms with E-state index >= 15 is 0 Å². The molecule has 1 aliphatic heterocycles. The Hall–Kier alpha value is -0.940. The van der Waals surface area contributed by atoms with Gasteiger partial charge in [0.15, 0.2) is 0 Å². The second-order valence-corrected chi connectivity index (χ2v) is 5.35. The fourth-order valence-corrected chi connectivity index (χ4v) is 2.60. The van der Waals surface area contributed by atoms with E-state index in [2.05, 4.69) is 15.6 Å². The van der Waals surface area contributed by atoms with Crippen LogP contribution in [0.2, 0.25) is 0 Å². The smallest absolute Gasteiger partial charge is 0.240 e. The molecule has 0 aromatic carbocycles. The number of rotatable bonds is 3. The zero-order chi connectivity index (χ0) is 11.6. The summed E-state index contributed by atoms with van der Waals surface area (Å²) in [6, 6.07) is -0.00766. The van der Waals surface area contributed by atoms with Crippen LogP contribution in [0.25, 0.3) is 0 Å². The molecule has 88 valence electrons. The lowest BCUT2D eigenvalue weighted by molar-refractivity contribution is -0.127. The zero-order valence-electron chi connectivity index (χ0n) is 9.62. The zero-order valence-corrected chi connectivity index (χ0v) is 10.4. The third-order valence-electron chi connectivity index (χ3n) is 3.04. The SMILES string of the molecule is CC(NC(=O)C1(C)CCCN1)c1nccs1. The molecule has 1 aliphatic rings. The maximum absolute atomic E-state index is 12.1. The molecule has 1 amide bonds. The molecule has 2 unspecified atom stereocenters. The van der Waals surface area contributed by atoms with Gasteiger partial charge in [0.2, 0.25) is 5.91 Å². The quantitative estimate of drug-likeness (QED) is 0.839. The molecule has 2 rings (SSSR count). The Balaban J connectivity index is 1.97. The predicted octanol–water partition coefficient (Wildman–Crippen LogP) is 1.46. The average Bonchev–Trinajstić information content (AvgIpc) is 2.88. The summed E-state index contributed by atoms with van der Waals surface area (Å²) in [7, 11) is 0. The Kier molecular flexibility index (Phi) is 3.25. The van der Waals surface area contributed by atoms with Crippen molar-refractivity contribution in [3.05, 3.63) is 16.6 Å². The molecule has 5 heteroatoms. The Bertz CT molecular complexity index is 357.